The lowest BCUT2D eigenvalue weighted by Gasteiger charge is -2.13. The highest BCUT2D eigenvalue weighted by atomic mass is 35.5. The van der Waals surface area contributed by atoms with Crippen LogP contribution in [0.4, 0.5) is 0 Å². The van der Waals surface area contributed by atoms with Gasteiger partial charge in [0.15, 0.2) is 0 Å². The van der Waals surface area contributed by atoms with Crippen molar-refractivity contribution < 1.29 is 23.4 Å². The number of aliphatic hydroxyl groups is 1. The molecule has 1 rings (SSSR count). The van der Waals surface area contributed by atoms with Crippen molar-refractivity contribution in [2.45, 2.75) is 10.9 Å². The van der Waals surface area contributed by atoms with E-state index in [0.717, 1.165) is 6.07 Å². The maximum atomic E-state index is 11.9. The predicted octanol–water partition coefficient (Wildman–Crippen LogP) is -0.0645. The predicted molar refractivity (Wildman–Crippen MR) is 65.0 cm³/mol. The molecular formula is C10H9ClN2O5S. The molecule has 0 radical (unpaired) electrons. The van der Waals surface area contributed by atoms with E-state index in [1.165, 1.54) is 12.1 Å². The van der Waals surface area contributed by atoms with Crippen molar-refractivity contribution in [3.05, 3.63) is 28.8 Å². The van der Waals surface area contributed by atoms with E-state index >= 15 is 0 Å². The zero-order chi connectivity index (χ0) is 14.6. The van der Waals surface area contributed by atoms with Crippen LogP contribution >= 0.6 is 11.6 Å². The number of hydrogen-bond donors (Lipinski definition) is 3. The fraction of sp³-hybridized carbons (Fsp3) is 0.200. The highest BCUT2D eigenvalue weighted by molar-refractivity contribution is 7.89. The van der Waals surface area contributed by atoms with Gasteiger partial charge in [-0.05, 0) is 18.2 Å². The van der Waals surface area contributed by atoms with Crippen LogP contribution in [0.15, 0.2) is 23.1 Å². The number of aliphatic hydroxyl groups excluding tert-OH is 1. The van der Waals surface area contributed by atoms with Gasteiger partial charge in [0.2, 0.25) is 10.0 Å². The summed E-state index contributed by atoms with van der Waals surface area (Å²) in [6.45, 7) is -0.913. The van der Waals surface area contributed by atoms with E-state index in [1.807, 2.05) is 0 Å². The molecule has 0 aliphatic carbocycles. The minimum atomic E-state index is -4.25. The van der Waals surface area contributed by atoms with Crippen LogP contribution in [-0.4, -0.2) is 37.2 Å². The molecule has 19 heavy (non-hydrogen) atoms. The largest absolute Gasteiger partial charge is 0.480 e. The Morgan fingerprint density at radius 3 is 2.63 bits per heavy atom. The first-order valence-corrected chi connectivity index (χ1v) is 6.73. The second kappa shape index (κ2) is 5.99. The molecule has 0 aliphatic heterocycles. The van der Waals surface area contributed by atoms with Gasteiger partial charge in [-0.1, -0.05) is 11.6 Å². The number of benzene rings is 1. The van der Waals surface area contributed by atoms with Gasteiger partial charge in [0.25, 0.3) is 0 Å². The lowest BCUT2D eigenvalue weighted by molar-refractivity contribution is -0.139. The summed E-state index contributed by atoms with van der Waals surface area (Å²) in [5, 5.41) is 26.0. The second-order valence-corrected chi connectivity index (χ2v) is 5.54. The van der Waals surface area contributed by atoms with Crippen molar-refractivity contribution >= 4 is 27.6 Å². The van der Waals surface area contributed by atoms with Gasteiger partial charge in [0.1, 0.15) is 10.9 Å². The fourth-order valence-corrected chi connectivity index (χ4v) is 2.90. The van der Waals surface area contributed by atoms with Gasteiger partial charge in [-0.15, -0.1) is 0 Å². The highest BCUT2D eigenvalue weighted by Crippen LogP contribution is 2.22. The average molecular weight is 305 g/mol. The Labute approximate surface area is 114 Å². The van der Waals surface area contributed by atoms with Crippen LogP contribution in [0.3, 0.4) is 0 Å². The molecule has 0 aliphatic rings. The van der Waals surface area contributed by atoms with Crippen molar-refractivity contribution in [3.8, 4) is 6.07 Å². The third-order valence-electron chi connectivity index (χ3n) is 2.13. The molecule has 3 N–H and O–H groups in total. The number of rotatable bonds is 5. The Hall–Kier alpha value is -1.66. The van der Waals surface area contributed by atoms with E-state index < -0.39 is 33.5 Å². The zero-order valence-electron chi connectivity index (χ0n) is 9.37. The number of carboxylic acid groups (broad SMARTS) is 1. The molecule has 0 heterocycles. The van der Waals surface area contributed by atoms with Gasteiger partial charge in [0.05, 0.1) is 23.3 Å². The monoisotopic (exact) mass is 304 g/mol. The number of nitriles is 1. The van der Waals surface area contributed by atoms with Crippen LogP contribution in [0, 0.1) is 11.3 Å². The Bertz CT molecular complexity index is 638. The summed E-state index contributed by atoms with van der Waals surface area (Å²) in [5.74, 6) is -1.53. The van der Waals surface area contributed by atoms with E-state index in [-0.39, 0.29) is 10.6 Å². The molecule has 1 atom stereocenters. The second-order valence-electron chi connectivity index (χ2n) is 3.45. The lowest BCUT2D eigenvalue weighted by Crippen LogP contribution is -2.43. The third kappa shape index (κ3) is 3.65. The smallest absolute Gasteiger partial charge is 0.324 e. The molecule has 1 aromatic rings. The van der Waals surface area contributed by atoms with E-state index in [2.05, 4.69) is 0 Å². The molecule has 0 spiro atoms. The number of sulfonamides is 1. The SMILES string of the molecule is N#Cc1ccc(Cl)c(S(=O)(=O)N[C@@H](CO)C(=O)O)c1. The van der Waals surface area contributed by atoms with E-state index in [4.69, 9.17) is 27.1 Å². The highest BCUT2D eigenvalue weighted by Gasteiger charge is 2.26. The van der Waals surface area contributed by atoms with E-state index in [0.29, 0.717) is 0 Å². The molecule has 0 amide bonds. The lowest BCUT2D eigenvalue weighted by atomic mass is 10.2. The summed E-state index contributed by atoms with van der Waals surface area (Å²) in [7, 11) is -4.25. The number of hydrogen-bond acceptors (Lipinski definition) is 5. The van der Waals surface area contributed by atoms with Crippen molar-refractivity contribution in [2.75, 3.05) is 6.61 Å². The molecule has 9 heteroatoms. The molecule has 102 valence electrons. The Morgan fingerprint density at radius 2 is 2.16 bits per heavy atom. The van der Waals surface area contributed by atoms with Crippen LogP contribution in [0.2, 0.25) is 5.02 Å². The summed E-state index contributed by atoms with van der Waals surface area (Å²) in [6, 6.07) is 3.60. The molecule has 0 unspecified atom stereocenters. The Kier molecular flexibility index (Phi) is 4.85. The summed E-state index contributed by atoms with van der Waals surface area (Å²) >= 11 is 5.71. The molecule has 0 aromatic heterocycles. The number of halogens is 1. The summed E-state index contributed by atoms with van der Waals surface area (Å²) in [5.41, 5.74) is 0.0562. The van der Waals surface area contributed by atoms with E-state index in [9.17, 15) is 13.2 Å². The topological polar surface area (TPSA) is 127 Å². The van der Waals surface area contributed by atoms with Gasteiger partial charge in [-0.2, -0.15) is 9.98 Å². The minimum Gasteiger partial charge on any atom is -0.480 e. The Balaban J connectivity index is 3.21. The van der Waals surface area contributed by atoms with Gasteiger partial charge >= 0.3 is 5.97 Å². The van der Waals surface area contributed by atoms with Crippen LogP contribution in [0.25, 0.3) is 0 Å². The molecule has 0 fully saturated rings. The molecule has 0 saturated heterocycles. The summed E-state index contributed by atoms with van der Waals surface area (Å²) in [4.78, 5) is 10.3. The average Bonchev–Trinajstić information content (AvgIpc) is 2.36. The summed E-state index contributed by atoms with van der Waals surface area (Å²) in [6.07, 6.45) is 0. The van der Waals surface area contributed by atoms with Crippen molar-refractivity contribution in [1.29, 1.82) is 5.26 Å². The molecule has 0 saturated carbocycles. The van der Waals surface area contributed by atoms with Gasteiger partial charge in [-0.3, -0.25) is 4.79 Å². The number of nitrogens with zero attached hydrogens (tertiary/aromatic N) is 1. The first-order valence-electron chi connectivity index (χ1n) is 4.87. The molecular weight excluding hydrogens is 296 g/mol. The summed E-state index contributed by atoms with van der Waals surface area (Å²) < 4.78 is 25.6. The molecule has 7 nitrogen and oxygen atoms in total. The van der Waals surface area contributed by atoms with Crippen molar-refractivity contribution in [1.82, 2.24) is 4.72 Å². The third-order valence-corrected chi connectivity index (χ3v) is 4.08. The van der Waals surface area contributed by atoms with E-state index in [1.54, 1.807) is 10.8 Å². The number of aliphatic carboxylic acids is 1. The van der Waals surface area contributed by atoms with Gasteiger partial charge in [-0.25, -0.2) is 8.42 Å². The van der Waals surface area contributed by atoms with Crippen LogP contribution in [-0.2, 0) is 14.8 Å². The fourth-order valence-electron chi connectivity index (χ4n) is 1.20. The van der Waals surface area contributed by atoms with Crippen LogP contribution < -0.4 is 4.72 Å². The number of carboxylic acids is 1. The van der Waals surface area contributed by atoms with Crippen molar-refractivity contribution in [3.63, 3.8) is 0 Å². The normalized spacial score (nSPS) is 12.7. The quantitative estimate of drug-likeness (QED) is 0.699. The van der Waals surface area contributed by atoms with Gasteiger partial charge < -0.3 is 10.2 Å². The van der Waals surface area contributed by atoms with Crippen LogP contribution in [0.5, 0.6) is 0 Å². The van der Waals surface area contributed by atoms with Crippen molar-refractivity contribution in [2.24, 2.45) is 0 Å². The standard InChI is InChI=1S/C10H9ClN2O5S/c11-7-2-1-6(4-12)3-9(7)19(17,18)13-8(5-14)10(15)16/h1-3,8,13-14H,5H2,(H,15,16)/t8-/m0/s1. The minimum absolute atomic E-state index is 0.0562. The first kappa shape index (κ1) is 15.4. The first-order chi connectivity index (χ1) is 8.81. The number of nitrogens with one attached hydrogen (secondary N) is 1. The zero-order valence-corrected chi connectivity index (χ0v) is 10.9. The molecule has 1 aromatic carbocycles. The van der Waals surface area contributed by atoms with Crippen LogP contribution in [0.1, 0.15) is 5.56 Å². The maximum absolute atomic E-state index is 11.9. The number of carbonyl (C=O) groups is 1. The maximum Gasteiger partial charge on any atom is 0.324 e. The van der Waals surface area contributed by atoms with Gasteiger partial charge in [0, 0.05) is 0 Å². The molecule has 0 bridgehead atoms. The Morgan fingerprint density at radius 1 is 1.53 bits per heavy atom.